The topological polar surface area (TPSA) is 38.7 Å². The number of thioether (sulfide) groups is 2. The van der Waals surface area contributed by atoms with Crippen LogP contribution in [0, 0.1) is 0 Å². The van der Waals surface area contributed by atoms with Gasteiger partial charge in [0.15, 0.2) is 16.1 Å². The standard InChI is InChI=1S/C41H41Br2N3S2/c1-7-8-9-10-11-27-12-16-29(17-13-27)41(35-24-31(42)20-22-33(35)34-23-21-32(43)25-36(34)41)30-18-14-28(15-19-30)37-44-38(47-26(2)3)46-39(45-37)48-40(4,5)6/h12-25H,2,7-11H2,1,3-6H3. The molecule has 0 saturated carbocycles. The molecule has 0 fully saturated rings. The number of hydrogen-bond acceptors (Lipinski definition) is 5. The molecule has 3 nitrogen and oxygen atoms in total. The molecule has 1 heterocycles. The minimum absolute atomic E-state index is 0.0309. The van der Waals surface area contributed by atoms with Crippen LogP contribution in [0.3, 0.4) is 0 Å². The molecule has 1 aromatic heterocycles. The quantitative estimate of drug-likeness (QED) is 0.0964. The van der Waals surface area contributed by atoms with Crippen LogP contribution < -0.4 is 0 Å². The maximum absolute atomic E-state index is 4.93. The summed E-state index contributed by atoms with van der Waals surface area (Å²) in [4.78, 5) is 15.5. The van der Waals surface area contributed by atoms with E-state index in [2.05, 4.69) is 151 Å². The Balaban J connectivity index is 1.50. The zero-order chi connectivity index (χ0) is 34.1. The number of nitrogens with zero attached hydrogens (tertiary/aromatic N) is 3. The zero-order valence-corrected chi connectivity index (χ0v) is 33.0. The minimum Gasteiger partial charge on any atom is -0.202 e. The van der Waals surface area contributed by atoms with Gasteiger partial charge in [-0.3, -0.25) is 0 Å². The van der Waals surface area contributed by atoms with Gasteiger partial charge >= 0.3 is 0 Å². The lowest BCUT2D eigenvalue weighted by atomic mass is 9.67. The van der Waals surface area contributed by atoms with Gasteiger partial charge in [0.1, 0.15) is 0 Å². The maximum Gasteiger partial charge on any atom is 0.196 e. The fraction of sp³-hybridized carbons (Fsp3) is 0.293. The van der Waals surface area contributed by atoms with Crippen molar-refractivity contribution in [2.75, 3.05) is 0 Å². The van der Waals surface area contributed by atoms with Crippen molar-refractivity contribution >= 4 is 55.4 Å². The molecule has 1 aliphatic rings. The highest BCUT2D eigenvalue weighted by molar-refractivity contribution is 9.10. The zero-order valence-electron chi connectivity index (χ0n) is 28.2. The number of halogens is 2. The lowest BCUT2D eigenvalue weighted by Crippen LogP contribution is -2.28. The molecule has 0 unspecified atom stereocenters. The van der Waals surface area contributed by atoms with E-state index < -0.39 is 5.41 Å². The molecule has 0 amide bonds. The number of aryl methyl sites for hydroxylation is 1. The number of benzene rings is 4. The molecule has 0 aliphatic heterocycles. The van der Waals surface area contributed by atoms with Crippen molar-refractivity contribution < 1.29 is 0 Å². The highest BCUT2D eigenvalue weighted by Gasteiger charge is 2.46. The summed E-state index contributed by atoms with van der Waals surface area (Å²) in [7, 11) is 0. The van der Waals surface area contributed by atoms with Crippen LogP contribution in [0.25, 0.3) is 22.5 Å². The van der Waals surface area contributed by atoms with E-state index in [1.54, 1.807) is 11.8 Å². The lowest BCUT2D eigenvalue weighted by Gasteiger charge is -2.34. The van der Waals surface area contributed by atoms with E-state index in [9.17, 15) is 0 Å². The summed E-state index contributed by atoms with van der Waals surface area (Å²) in [5.41, 5.74) is 9.37. The molecule has 6 rings (SSSR count). The third-order valence-corrected chi connectivity index (χ3v) is 11.3. The van der Waals surface area contributed by atoms with E-state index in [1.807, 2.05) is 6.92 Å². The van der Waals surface area contributed by atoms with Crippen molar-refractivity contribution in [1.29, 1.82) is 0 Å². The molecule has 0 radical (unpaired) electrons. The molecule has 4 aromatic carbocycles. The van der Waals surface area contributed by atoms with Gasteiger partial charge in [0.25, 0.3) is 0 Å². The Kier molecular flexibility index (Phi) is 10.7. The maximum atomic E-state index is 4.93. The average Bonchev–Trinajstić information content (AvgIpc) is 3.31. The summed E-state index contributed by atoms with van der Waals surface area (Å²) in [6.07, 6.45) is 6.17. The van der Waals surface area contributed by atoms with Crippen LogP contribution in [0.5, 0.6) is 0 Å². The van der Waals surface area contributed by atoms with Gasteiger partial charge in [-0.2, -0.15) is 4.98 Å². The van der Waals surface area contributed by atoms with Crippen molar-refractivity contribution in [1.82, 2.24) is 15.0 Å². The van der Waals surface area contributed by atoms with Gasteiger partial charge in [0.2, 0.25) is 0 Å². The second-order valence-corrected chi connectivity index (χ2v) is 18.3. The predicted molar refractivity (Wildman–Crippen MR) is 212 cm³/mol. The van der Waals surface area contributed by atoms with E-state index in [0.717, 1.165) is 31.0 Å². The molecule has 0 atom stereocenters. The van der Waals surface area contributed by atoms with E-state index in [0.29, 0.717) is 11.0 Å². The summed E-state index contributed by atoms with van der Waals surface area (Å²) in [5, 5.41) is 1.39. The Bertz CT molecular complexity index is 1900. The second-order valence-electron chi connectivity index (χ2n) is 13.5. The Hall–Kier alpha value is -2.71. The summed E-state index contributed by atoms with van der Waals surface area (Å²) < 4.78 is 2.10. The number of allylic oxidation sites excluding steroid dienone is 1. The molecule has 7 heteroatoms. The van der Waals surface area contributed by atoms with Crippen LogP contribution in [0.15, 0.2) is 116 Å². The summed E-state index contributed by atoms with van der Waals surface area (Å²) in [6, 6.07) is 31.7. The first-order chi connectivity index (χ1) is 23.0. The van der Waals surface area contributed by atoms with Crippen molar-refractivity contribution in [2.24, 2.45) is 0 Å². The van der Waals surface area contributed by atoms with Crippen LogP contribution >= 0.6 is 55.4 Å². The molecule has 0 N–H and O–H groups in total. The Morgan fingerprint density at radius 3 is 1.83 bits per heavy atom. The van der Waals surface area contributed by atoms with Crippen molar-refractivity contribution in [3.63, 3.8) is 0 Å². The van der Waals surface area contributed by atoms with Gasteiger partial charge in [-0.15, -0.1) is 0 Å². The van der Waals surface area contributed by atoms with E-state index in [4.69, 9.17) is 15.0 Å². The summed E-state index contributed by atoms with van der Waals surface area (Å²) in [5.74, 6) is 0.672. The molecule has 1 aliphatic carbocycles. The third-order valence-electron chi connectivity index (χ3n) is 8.60. The van der Waals surface area contributed by atoms with Crippen LogP contribution in [-0.4, -0.2) is 19.7 Å². The fourth-order valence-electron chi connectivity index (χ4n) is 6.59. The molecule has 48 heavy (non-hydrogen) atoms. The molecule has 246 valence electrons. The van der Waals surface area contributed by atoms with Crippen molar-refractivity contribution in [2.45, 2.75) is 87.2 Å². The Labute approximate surface area is 311 Å². The summed E-state index contributed by atoms with van der Waals surface area (Å²) >= 11 is 10.8. The van der Waals surface area contributed by atoms with Gasteiger partial charge in [-0.05, 0) is 87.9 Å². The second kappa shape index (κ2) is 14.6. The summed E-state index contributed by atoms with van der Waals surface area (Å²) in [6.45, 7) is 14.8. The van der Waals surface area contributed by atoms with Crippen molar-refractivity contribution in [3.8, 4) is 22.5 Å². The first-order valence-electron chi connectivity index (χ1n) is 16.6. The highest BCUT2D eigenvalue weighted by Crippen LogP contribution is 2.57. The van der Waals surface area contributed by atoms with E-state index in [1.165, 1.54) is 76.4 Å². The normalized spacial score (nSPS) is 13.3. The predicted octanol–water partition coefficient (Wildman–Crippen LogP) is 13.1. The molecule has 0 bridgehead atoms. The van der Waals surface area contributed by atoms with E-state index in [-0.39, 0.29) is 4.75 Å². The van der Waals surface area contributed by atoms with Crippen LogP contribution in [0.4, 0.5) is 0 Å². The fourth-order valence-corrected chi connectivity index (χ4v) is 8.76. The Morgan fingerprint density at radius 1 is 0.729 bits per heavy atom. The Morgan fingerprint density at radius 2 is 1.29 bits per heavy atom. The third kappa shape index (κ3) is 7.40. The number of fused-ring (bicyclic) bond motifs is 3. The monoisotopic (exact) mass is 797 g/mol. The molecular weight excluding hydrogens is 758 g/mol. The number of rotatable bonds is 11. The number of aromatic nitrogens is 3. The van der Waals surface area contributed by atoms with Crippen molar-refractivity contribution in [3.05, 3.63) is 133 Å². The first-order valence-corrected chi connectivity index (χ1v) is 19.8. The molecule has 5 aromatic rings. The van der Waals surface area contributed by atoms with Gasteiger partial charge in [0.05, 0.1) is 5.41 Å². The SMILES string of the molecule is C=C(C)Sc1nc(SC(C)(C)C)nc(-c2ccc(C3(c4ccc(CCCCCC)cc4)c4cc(Br)ccc4-c4ccc(Br)cc43)cc2)n1. The van der Waals surface area contributed by atoms with E-state index >= 15 is 0 Å². The number of unbranched alkanes of at least 4 members (excludes halogenated alkanes) is 3. The largest absolute Gasteiger partial charge is 0.202 e. The molecule has 0 saturated heterocycles. The minimum atomic E-state index is -0.509. The lowest BCUT2D eigenvalue weighted by molar-refractivity contribution is 0.666. The van der Waals surface area contributed by atoms with Crippen LogP contribution in [0.1, 0.15) is 88.1 Å². The van der Waals surface area contributed by atoms with Gasteiger partial charge in [-0.25, -0.2) is 9.97 Å². The van der Waals surface area contributed by atoms with Crippen LogP contribution in [-0.2, 0) is 11.8 Å². The highest BCUT2D eigenvalue weighted by atomic mass is 79.9. The molecular formula is C41H41Br2N3S2. The first kappa shape index (κ1) is 35.1. The smallest absolute Gasteiger partial charge is 0.196 e. The van der Waals surface area contributed by atoms with Gasteiger partial charge in [0, 0.05) is 19.3 Å². The van der Waals surface area contributed by atoms with Crippen LogP contribution in [0.2, 0.25) is 0 Å². The molecule has 0 spiro atoms. The number of hydrogen-bond donors (Lipinski definition) is 0. The van der Waals surface area contributed by atoms with Gasteiger partial charge in [-0.1, -0.05) is 170 Å². The average molecular weight is 800 g/mol. The van der Waals surface area contributed by atoms with Gasteiger partial charge < -0.3 is 0 Å².